The number of hydrogen-bond donors (Lipinski definition) is 1. The quantitative estimate of drug-likeness (QED) is 0.837. The van der Waals surface area contributed by atoms with Crippen LogP contribution in [0.25, 0.3) is 0 Å². The highest BCUT2D eigenvalue weighted by molar-refractivity contribution is 5.40. The predicted molar refractivity (Wildman–Crippen MR) is 64.7 cm³/mol. The largest absolute Gasteiger partial charge is 0.379 e. The Balaban J connectivity index is 1.58. The average Bonchev–Trinajstić information content (AvgIpc) is 2.67. The molecular formula is C14H19NO. The Hall–Kier alpha value is -0.860. The van der Waals surface area contributed by atoms with Crippen molar-refractivity contribution in [3.05, 3.63) is 35.4 Å². The van der Waals surface area contributed by atoms with Crippen LogP contribution in [-0.2, 0) is 11.2 Å². The van der Waals surface area contributed by atoms with Gasteiger partial charge < -0.3 is 10.1 Å². The fourth-order valence-electron chi connectivity index (χ4n) is 2.72. The summed E-state index contributed by atoms with van der Waals surface area (Å²) >= 11 is 0. The van der Waals surface area contributed by atoms with Crippen LogP contribution in [0.5, 0.6) is 0 Å². The molecule has 1 fully saturated rings. The van der Waals surface area contributed by atoms with Gasteiger partial charge in [0.2, 0.25) is 0 Å². The topological polar surface area (TPSA) is 21.3 Å². The third-order valence-electron chi connectivity index (χ3n) is 3.96. The summed E-state index contributed by atoms with van der Waals surface area (Å²) in [7, 11) is 0. The van der Waals surface area contributed by atoms with E-state index in [1.165, 1.54) is 17.5 Å². The van der Waals surface area contributed by atoms with Crippen molar-refractivity contribution in [2.45, 2.75) is 31.2 Å². The Morgan fingerprint density at radius 3 is 3.06 bits per heavy atom. The summed E-state index contributed by atoms with van der Waals surface area (Å²) in [6.07, 6.45) is 2.38. The molecule has 0 bridgehead atoms. The number of hydrogen-bond acceptors (Lipinski definition) is 2. The van der Waals surface area contributed by atoms with Gasteiger partial charge in [0.15, 0.2) is 0 Å². The Bertz CT molecular complexity index is 382. The highest BCUT2D eigenvalue weighted by Crippen LogP contribution is 2.34. The second kappa shape index (κ2) is 3.86. The van der Waals surface area contributed by atoms with Gasteiger partial charge in [0.05, 0.1) is 6.61 Å². The Labute approximate surface area is 97.0 Å². The molecular weight excluding hydrogens is 198 g/mol. The third-order valence-corrected chi connectivity index (χ3v) is 3.96. The van der Waals surface area contributed by atoms with E-state index in [9.17, 15) is 0 Å². The monoisotopic (exact) mass is 217 g/mol. The van der Waals surface area contributed by atoms with Gasteiger partial charge >= 0.3 is 0 Å². The van der Waals surface area contributed by atoms with Crippen molar-refractivity contribution in [1.29, 1.82) is 0 Å². The van der Waals surface area contributed by atoms with Crippen LogP contribution < -0.4 is 5.32 Å². The van der Waals surface area contributed by atoms with E-state index in [1.54, 1.807) is 0 Å². The van der Waals surface area contributed by atoms with Gasteiger partial charge in [0.25, 0.3) is 0 Å². The number of benzene rings is 1. The molecule has 1 aliphatic heterocycles. The van der Waals surface area contributed by atoms with E-state index in [0.29, 0.717) is 5.92 Å². The Morgan fingerprint density at radius 1 is 1.44 bits per heavy atom. The molecule has 0 aromatic heterocycles. The van der Waals surface area contributed by atoms with Gasteiger partial charge in [-0.05, 0) is 30.9 Å². The maximum Gasteiger partial charge on any atom is 0.0646 e. The first kappa shape index (κ1) is 10.3. The molecule has 3 rings (SSSR count). The first-order valence-corrected chi connectivity index (χ1v) is 6.17. The highest BCUT2D eigenvalue weighted by Gasteiger charge is 2.32. The van der Waals surface area contributed by atoms with Crippen molar-refractivity contribution >= 4 is 0 Å². The van der Waals surface area contributed by atoms with E-state index in [-0.39, 0.29) is 5.54 Å². The molecule has 2 heteroatoms. The van der Waals surface area contributed by atoms with E-state index in [0.717, 1.165) is 26.2 Å². The summed E-state index contributed by atoms with van der Waals surface area (Å²) in [6, 6.07) is 8.78. The molecule has 1 saturated heterocycles. The Kier molecular flexibility index (Phi) is 2.49. The maximum atomic E-state index is 5.45. The van der Waals surface area contributed by atoms with Gasteiger partial charge in [-0.15, -0.1) is 0 Å². The molecule has 2 aliphatic rings. The summed E-state index contributed by atoms with van der Waals surface area (Å²) in [5.74, 6) is 0.716. The normalized spacial score (nSPS) is 32.2. The summed E-state index contributed by atoms with van der Waals surface area (Å²) < 4.78 is 5.45. The van der Waals surface area contributed by atoms with Gasteiger partial charge in [-0.2, -0.15) is 0 Å². The zero-order valence-electron chi connectivity index (χ0n) is 9.83. The van der Waals surface area contributed by atoms with Gasteiger partial charge in [-0.25, -0.2) is 0 Å². The van der Waals surface area contributed by atoms with Crippen LogP contribution in [0.15, 0.2) is 24.3 Å². The summed E-state index contributed by atoms with van der Waals surface area (Å²) in [5.41, 5.74) is 3.28. The molecule has 1 aromatic carbocycles. The van der Waals surface area contributed by atoms with E-state index < -0.39 is 0 Å². The third kappa shape index (κ3) is 1.76. The molecule has 1 heterocycles. The molecule has 1 aromatic rings. The summed E-state index contributed by atoms with van der Waals surface area (Å²) in [5, 5.41) is 3.68. The van der Waals surface area contributed by atoms with Crippen molar-refractivity contribution in [2.24, 2.45) is 0 Å². The van der Waals surface area contributed by atoms with Crippen LogP contribution in [0.1, 0.15) is 30.4 Å². The van der Waals surface area contributed by atoms with Crippen molar-refractivity contribution in [3.8, 4) is 0 Å². The van der Waals surface area contributed by atoms with Gasteiger partial charge in [-0.1, -0.05) is 24.3 Å². The van der Waals surface area contributed by atoms with Crippen molar-refractivity contribution < 1.29 is 4.74 Å². The zero-order valence-corrected chi connectivity index (χ0v) is 9.83. The zero-order chi connectivity index (χ0) is 11.0. The van der Waals surface area contributed by atoms with Crippen LogP contribution >= 0.6 is 0 Å². The average molecular weight is 217 g/mol. The van der Waals surface area contributed by atoms with E-state index in [1.807, 2.05) is 0 Å². The smallest absolute Gasteiger partial charge is 0.0646 e. The predicted octanol–water partition coefficient (Wildman–Crippen LogP) is 2.09. The van der Waals surface area contributed by atoms with Gasteiger partial charge in [-0.3, -0.25) is 0 Å². The second-order valence-corrected chi connectivity index (χ2v) is 5.34. The molecule has 1 N–H and O–H groups in total. The van der Waals surface area contributed by atoms with Crippen molar-refractivity contribution in [3.63, 3.8) is 0 Å². The Morgan fingerprint density at radius 2 is 2.31 bits per heavy atom. The number of nitrogens with one attached hydrogen (secondary N) is 1. The van der Waals surface area contributed by atoms with Crippen LogP contribution in [0.2, 0.25) is 0 Å². The minimum atomic E-state index is 0.213. The van der Waals surface area contributed by atoms with Crippen molar-refractivity contribution in [1.82, 2.24) is 5.32 Å². The molecule has 2 unspecified atom stereocenters. The minimum absolute atomic E-state index is 0.213. The van der Waals surface area contributed by atoms with Crippen LogP contribution in [-0.4, -0.2) is 25.3 Å². The van der Waals surface area contributed by atoms with E-state index in [2.05, 4.69) is 36.5 Å². The molecule has 0 saturated carbocycles. The number of fused-ring (bicyclic) bond motifs is 1. The first-order valence-electron chi connectivity index (χ1n) is 6.17. The molecule has 2 nitrogen and oxygen atoms in total. The van der Waals surface area contributed by atoms with Gasteiger partial charge in [0, 0.05) is 24.6 Å². The molecule has 1 aliphatic carbocycles. The second-order valence-electron chi connectivity index (χ2n) is 5.34. The highest BCUT2D eigenvalue weighted by atomic mass is 16.5. The lowest BCUT2D eigenvalue weighted by molar-refractivity contribution is 0.170. The van der Waals surface area contributed by atoms with E-state index in [4.69, 9.17) is 4.74 Å². The first-order chi connectivity index (χ1) is 7.77. The molecule has 2 atom stereocenters. The molecule has 0 radical (unpaired) electrons. The molecule has 0 amide bonds. The van der Waals surface area contributed by atoms with Crippen molar-refractivity contribution in [2.75, 3.05) is 19.8 Å². The number of ether oxygens (including phenoxy) is 1. The lowest BCUT2D eigenvalue weighted by atomic mass is 9.77. The fourth-order valence-corrected chi connectivity index (χ4v) is 2.72. The molecule has 86 valence electrons. The van der Waals surface area contributed by atoms with E-state index >= 15 is 0 Å². The van der Waals surface area contributed by atoms with Crippen LogP contribution in [0.3, 0.4) is 0 Å². The number of rotatable bonds is 3. The van der Waals surface area contributed by atoms with Gasteiger partial charge in [0.1, 0.15) is 0 Å². The summed E-state index contributed by atoms with van der Waals surface area (Å²) in [4.78, 5) is 0. The standard InChI is InChI=1S/C14H19NO/c1-14(6-7-16-10-14)15-9-12-8-11-4-2-3-5-13(11)12/h2-5,12,15H,6-10H2,1H3. The summed E-state index contributed by atoms with van der Waals surface area (Å²) in [6.45, 7) is 5.13. The SMILES string of the molecule is CC1(NCC2Cc3ccccc32)CCOC1. The lowest BCUT2D eigenvalue weighted by Crippen LogP contribution is -2.46. The minimum Gasteiger partial charge on any atom is -0.379 e. The van der Waals surface area contributed by atoms with Crippen LogP contribution in [0, 0.1) is 0 Å². The lowest BCUT2D eigenvalue weighted by Gasteiger charge is -2.34. The van der Waals surface area contributed by atoms with Crippen LogP contribution in [0.4, 0.5) is 0 Å². The maximum absolute atomic E-state index is 5.45. The molecule has 16 heavy (non-hydrogen) atoms. The fraction of sp³-hybridized carbons (Fsp3) is 0.571. The molecule has 0 spiro atoms.